The average molecular weight is 251 g/mol. The Morgan fingerprint density at radius 1 is 1.28 bits per heavy atom. The third kappa shape index (κ3) is 2.49. The summed E-state index contributed by atoms with van der Waals surface area (Å²) in [4.78, 5) is 22.6. The molecule has 1 fully saturated rings. The lowest BCUT2D eigenvalue weighted by molar-refractivity contribution is -0.128. The first-order valence-corrected chi connectivity index (χ1v) is 5.48. The molecule has 1 aliphatic heterocycles. The van der Waals surface area contributed by atoms with E-state index in [1.165, 1.54) is 0 Å². The highest BCUT2D eigenvalue weighted by atomic mass is 16.5. The van der Waals surface area contributed by atoms with Gasteiger partial charge in [0.15, 0.2) is 6.10 Å². The normalized spacial score (nSPS) is 26.8. The Bertz CT molecular complexity index is 447. The summed E-state index contributed by atoms with van der Waals surface area (Å²) in [5.74, 6) is -1.21. The van der Waals surface area contributed by atoms with Crippen molar-refractivity contribution >= 4 is 11.9 Å². The highest BCUT2D eigenvalue weighted by Crippen LogP contribution is 2.10. The van der Waals surface area contributed by atoms with Crippen molar-refractivity contribution in [3.8, 4) is 0 Å². The second-order valence-electron chi connectivity index (χ2n) is 4.01. The van der Waals surface area contributed by atoms with E-state index in [9.17, 15) is 19.8 Å². The largest absolute Gasteiger partial charge is 0.460 e. The number of carbonyl (C=O) groups is 2. The van der Waals surface area contributed by atoms with Crippen LogP contribution in [0.3, 0.4) is 0 Å². The molecular formula is C12H13NO5. The third-order valence-corrected chi connectivity index (χ3v) is 2.74. The number of hydrogen-bond acceptors (Lipinski definition) is 5. The summed E-state index contributed by atoms with van der Waals surface area (Å²) in [5.41, 5.74) is 0.386. The van der Waals surface area contributed by atoms with Crippen LogP contribution in [0.15, 0.2) is 30.3 Å². The topological polar surface area (TPSA) is 95.9 Å². The highest BCUT2D eigenvalue weighted by molar-refractivity contribution is 5.89. The Kier molecular flexibility index (Phi) is 3.59. The Hall–Kier alpha value is -1.92. The maximum absolute atomic E-state index is 11.6. The number of hydrogen-bond donors (Lipinski definition) is 3. The second kappa shape index (κ2) is 5.16. The van der Waals surface area contributed by atoms with Gasteiger partial charge in [0.25, 0.3) is 5.91 Å². The smallest absolute Gasteiger partial charge is 0.338 e. The molecule has 0 saturated carbocycles. The van der Waals surface area contributed by atoms with E-state index < -0.39 is 30.1 Å². The standard InChI is InChI=1S/C12H13NO5/c14-9-8(13-11(16)10(9)15)6-18-12(17)7-4-2-1-3-5-7/h1-5,8-10,14-15H,6H2,(H,13,16)/t8-,9+,10-/m1/s1. The first-order valence-electron chi connectivity index (χ1n) is 5.48. The number of aliphatic hydroxyl groups is 2. The lowest BCUT2D eigenvalue weighted by atomic mass is 10.1. The van der Waals surface area contributed by atoms with Gasteiger partial charge in [0.2, 0.25) is 0 Å². The SMILES string of the molecule is O=C(OC[C@H]1NC(=O)[C@H](O)[C@H]1O)c1ccccc1. The minimum Gasteiger partial charge on any atom is -0.460 e. The van der Waals surface area contributed by atoms with E-state index in [-0.39, 0.29) is 6.61 Å². The molecule has 0 aliphatic carbocycles. The molecule has 0 aromatic heterocycles. The van der Waals surface area contributed by atoms with Crippen molar-refractivity contribution in [2.75, 3.05) is 6.61 Å². The van der Waals surface area contributed by atoms with Gasteiger partial charge in [-0.25, -0.2) is 4.79 Å². The van der Waals surface area contributed by atoms with Crippen LogP contribution in [-0.4, -0.2) is 46.9 Å². The molecule has 1 amide bonds. The van der Waals surface area contributed by atoms with Crippen molar-refractivity contribution in [3.63, 3.8) is 0 Å². The van der Waals surface area contributed by atoms with Crippen LogP contribution in [0.5, 0.6) is 0 Å². The van der Waals surface area contributed by atoms with Gasteiger partial charge in [-0.2, -0.15) is 0 Å². The molecular weight excluding hydrogens is 238 g/mol. The van der Waals surface area contributed by atoms with Crippen LogP contribution >= 0.6 is 0 Å². The van der Waals surface area contributed by atoms with Crippen LogP contribution in [0.25, 0.3) is 0 Å². The molecule has 1 aromatic carbocycles. The fraction of sp³-hybridized carbons (Fsp3) is 0.333. The summed E-state index contributed by atoms with van der Waals surface area (Å²) in [5, 5.41) is 21.0. The number of nitrogens with one attached hydrogen (secondary N) is 1. The minimum absolute atomic E-state index is 0.183. The molecule has 1 heterocycles. The molecule has 96 valence electrons. The van der Waals surface area contributed by atoms with Crippen molar-refractivity contribution < 1.29 is 24.5 Å². The predicted octanol–water partition coefficient (Wildman–Crippen LogP) is -0.936. The summed E-state index contributed by atoms with van der Waals surface area (Å²) in [7, 11) is 0. The van der Waals surface area contributed by atoms with E-state index in [1.54, 1.807) is 30.3 Å². The number of benzene rings is 1. The zero-order chi connectivity index (χ0) is 13.1. The Morgan fingerprint density at radius 2 is 1.94 bits per heavy atom. The van der Waals surface area contributed by atoms with Gasteiger partial charge in [-0.1, -0.05) is 18.2 Å². The molecule has 2 rings (SSSR count). The number of carbonyl (C=O) groups excluding carboxylic acids is 2. The van der Waals surface area contributed by atoms with E-state index in [0.717, 1.165) is 0 Å². The number of ether oxygens (including phenoxy) is 1. The van der Waals surface area contributed by atoms with Gasteiger partial charge in [-0.15, -0.1) is 0 Å². The lowest BCUT2D eigenvalue weighted by Gasteiger charge is -2.14. The molecule has 1 aliphatic rings. The average Bonchev–Trinajstić information content (AvgIpc) is 2.64. The van der Waals surface area contributed by atoms with Gasteiger partial charge in [-0.3, -0.25) is 4.79 Å². The van der Waals surface area contributed by atoms with Gasteiger partial charge >= 0.3 is 5.97 Å². The van der Waals surface area contributed by atoms with Crippen LogP contribution in [0.1, 0.15) is 10.4 Å². The zero-order valence-electron chi connectivity index (χ0n) is 9.45. The van der Waals surface area contributed by atoms with Gasteiger partial charge in [0.05, 0.1) is 11.6 Å². The van der Waals surface area contributed by atoms with Crippen molar-refractivity contribution in [2.45, 2.75) is 18.2 Å². The summed E-state index contributed by atoms with van der Waals surface area (Å²) in [6.45, 7) is -0.183. The summed E-state index contributed by atoms with van der Waals surface area (Å²) in [6.07, 6.45) is -2.73. The van der Waals surface area contributed by atoms with Crippen molar-refractivity contribution in [1.82, 2.24) is 5.32 Å². The number of amides is 1. The lowest BCUT2D eigenvalue weighted by Crippen LogP contribution is -2.37. The minimum atomic E-state index is -1.47. The molecule has 3 N–H and O–H groups in total. The van der Waals surface area contributed by atoms with Crippen LogP contribution < -0.4 is 5.32 Å². The van der Waals surface area contributed by atoms with E-state index >= 15 is 0 Å². The van der Waals surface area contributed by atoms with Crippen LogP contribution in [0, 0.1) is 0 Å². The molecule has 0 radical (unpaired) electrons. The quantitative estimate of drug-likeness (QED) is 0.603. The number of rotatable bonds is 3. The van der Waals surface area contributed by atoms with Crippen LogP contribution in [0.4, 0.5) is 0 Å². The Balaban J connectivity index is 1.89. The zero-order valence-corrected chi connectivity index (χ0v) is 9.45. The molecule has 0 unspecified atom stereocenters. The summed E-state index contributed by atoms with van der Waals surface area (Å²) in [6, 6.07) is 7.59. The highest BCUT2D eigenvalue weighted by Gasteiger charge is 2.40. The van der Waals surface area contributed by atoms with Crippen LogP contribution in [0.2, 0.25) is 0 Å². The summed E-state index contributed by atoms with van der Waals surface area (Å²) < 4.78 is 4.95. The molecule has 18 heavy (non-hydrogen) atoms. The summed E-state index contributed by atoms with van der Waals surface area (Å²) >= 11 is 0. The molecule has 1 saturated heterocycles. The van der Waals surface area contributed by atoms with Crippen LogP contribution in [-0.2, 0) is 9.53 Å². The van der Waals surface area contributed by atoms with E-state index in [0.29, 0.717) is 5.56 Å². The molecule has 6 nitrogen and oxygen atoms in total. The van der Waals surface area contributed by atoms with Crippen molar-refractivity contribution in [2.24, 2.45) is 0 Å². The molecule has 1 aromatic rings. The molecule has 0 spiro atoms. The Labute approximate surface area is 103 Å². The van der Waals surface area contributed by atoms with E-state index in [2.05, 4.69) is 5.32 Å². The van der Waals surface area contributed by atoms with E-state index in [1.807, 2.05) is 0 Å². The van der Waals surface area contributed by atoms with Gasteiger partial charge in [0, 0.05) is 0 Å². The van der Waals surface area contributed by atoms with Crippen molar-refractivity contribution in [1.29, 1.82) is 0 Å². The third-order valence-electron chi connectivity index (χ3n) is 2.74. The Morgan fingerprint density at radius 3 is 2.50 bits per heavy atom. The van der Waals surface area contributed by atoms with Gasteiger partial charge in [-0.05, 0) is 12.1 Å². The monoisotopic (exact) mass is 251 g/mol. The molecule has 3 atom stereocenters. The fourth-order valence-corrected chi connectivity index (χ4v) is 1.69. The maximum atomic E-state index is 11.6. The fourth-order valence-electron chi connectivity index (χ4n) is 1.69. The molecule has 0 bridgehead atoms. The number of aliphatic hydroxyl groups excluding tert-OH is 2. The van der Waals surface area contributed by atoms with Gasteiger partial charge < -0.3 is 20.3 Å². The number of esters is 1. The van der Waals surface area contributed by atoms with Crippen molar-refractivity contribution in [3.05, 3.63) is 35.9 Å². The predicted molar refractivity (Wildman–Crippen MR) is 60.7 cm³/mol. The van der Waals surface area contributed by atoms with Gasteiger partial charge in [0.1, 0.15) is 12.7 Å². The molecule has 6 heteroatoms. The van der Waals surface area contributed by atoms with E-state index in [4.69, 9.17) is 4.74 Å². The first kappa shape index (κ1) is 12.5. The second-order valence-corrected chi connectivity index (χ2v) is 4.01. The first-order chi connectivity index (χ1) is 8.59. The maximum Gasteiger partial charge on any atom is 0.338 e.